The van der Waals surface area contributed by atoms with Gasteiger partial charge in [0.15, 0.2) is 5.58 Å². The van der Waals surface area contributed by atoms with E-state index in [2.05, 4.69) is 159 Å². The molecule has 5 unspecified atom stereocenters. The van der Waals surface area contributed by atoms with Crippen molar-refractivity contribution in [1.82, 2.24) is 14.7 Å². The van der Waals surface area contributed by atoms with E-state index in [0.29, 0.717) is 0 Å². The molecule has 0 saturated carbocycles. The lowest BCUT2D eigenvalue weighted by atomic mass is 9.81. The molecule has 4 aromatic carbocycles. The van der Waals surface area contributed by atoms with Gasteiger partial charge in [-0.25, -0.2) is 0 Å². The highest BCUT2D eigenvalue weighted by Gasteiger charge is 2.49. The van der Waals surface area contributed by atoms with E-state index in [1.807, 2.05) is 0 Å². The minimum Gasteiger partial charge on any atom is -0.454 e. The molecule has 5 atom stereocenters. The fraction of sp³-hybridized carbons (Fsp3) is 0.268. The summed E-state index contributed by atoms with van der Waals surface area (Å²) in [5, 5.41) is 2.35. The molecular weight excluding hydrogens is 592 g/mol. The topological polar surface area (TPSA) is 32.6 Å². The van der Waals surface area contributed by atoms with E-state index in [0.717, 1.165) is 43.5 Å². The lowest BCUT2D eigenvalue weighted by Crippen LogP contribution is -2.57. The van der Waals surface area contributed by atoms with Gasteiger partial charge in [-0.3, -0.25) is 0 Å². The first kappa shape index (κ1) is 26.7. The van der Waals surface area contributed by atoms with Crippen molar-refractivity contribution in [2.24, 2.45) is 5.92 Å². The standard InChI is InChI=1S/C41H38N6O/c1-42-19-22-47-38-30(15-16-31-29-11-4-7-14-36(29)48-39(31)38)32-25-27-9-2-5-12-34(27)45-23-20-43-17-8-18-44-21-24-46(35-13-6-3-10-28(32)35)41(44)33(40(42)47)26-37(43)45/h2-7,9-16,19-24,32-33,37,40-41H,8,17-18,25-26H2,1H3. The summed E-state index contributed by atoms with van der Waals surface area (Å²) in [6.07, 6.45) is 17.5. The summed E-state index contributed by atoms with van der Waals surface area (Å²) in [4.78, 5) is 15.5. The van der Waals surface area contributed by atoms with Crippen LogP contribution in [0.3, 0.4) is 0 Å². The number of furan rings is 1. The Morgan fingerprint density at radius 3 is 2.35 bits per heavy atom. The van der Waals surface area contributed by atoms with Gasteiger partial charge in [0.2, 0.25) is 0 Å². The Morgan fingerprint density at radius 1 is 0.625 bits per heavy atom. The first-order valence-corrected chi connectivity index (χ1v) is 17.5. The Balaban J connectivity index is 1.29. The molecule has 1 saturated heterocycles. The van der Waals surface area contributed by atoms with Crippen LogP contribution in [-0.4, -0.2) is 53.3 Å². The first-order chi connectivity index (χ1) is 23.7. The van der Waals surface area contributed by atoms with Crippen LogP contribution in [0.4, 0.5) is 17.1 Å². The Labute approximate surface area is 280 Å². The molecule has 238 valence electrons. The fourth-order valence-corrected chi connectivity index (χ4v) is 9.84. The normalized spacial score (nSPS) is 26.6. The molecule has 0 spiro atoms. The Bertz CT molecular complexity index is 2200. The molecule has 0 radical (unpaired) electrons. The van der Waals surface area contributed by atoms with Gasteiger partial charge in [0.1, 0.15) is 24.1 Å². The summed E-state index contributed by atoms with van der Waals surface area (Å²) in [5.74, 6) is 0.317. The van der Waals surface area contributed by atoms with Gasteiger partial charge in [-0.15, -0.1) is 0 Å². The lowest BCUT2D eigenvalue weighted by Gasteiger charge is -2.48. The lowest BCUT2D eigenvalue weighted by molar-refractivity contribution is 0.126. The van der Waals surface area contributed by atoms with Crippen LogP contribution >= 0.6 is 0 Å². The Hall–Kier alpha value is -5.30. The van der Waals surface area contributed by atoms with Crippen LogP contribution in [0.1, 0.15) is 35.4 Å². The zero-order valence-electron chi connectivity index (χ0n) is 27.1. The van der Waals surface area contributed by atoms with E-state index in [-0.39, 0.29) is 30.3 Å². The third kappa shape index (κ3) is 3.59. The molecule has 7 nitrogen and oxygen atoms in total. The van der Waals surface area contributed by atoms with Crippen molar-refractivity contribution in [3.8, 4) is 0 Å². The second kappa shape index (κ2) is 9.86. The van der Waals surface area contributed by atoms with Gasteiger partial charge in [0.25, 0.3) is 0 Å². The third-order valence-corrected chi connectivity index (χ3v) is 11.9. The average Bonchev–Trinajstić information content (AvgIpc) is 3.89. The van der Waals surface area contributed by atoms with Gasteiger partial charge < -0.3 is 33.8 Å². The molecule has 7 heteroatoms. The molecule has 12 rings (SSSR count). The van der Waals surface area contributed by atoms with E-state index in [1.54, 1.807) is 0 Å². The maximum Gasteiger partial charge on any atom is 0.159 e. The molecule has 7 aliphatic rings. The number of fused-ring (bicyclic) bond motifs is 3. The summed E-state index contributed by atoms with van der Waals surface area (Å²) >= 11 is 0. The van der Waals surface area contributed by atoms with Crippen LogP contribution in [0.2, 0.25) is 0 Å². The van der Waals surface area contributed by atoms with Gasteiger partial charge in [0, 0.05) is 91.3 Å². The molecule has 1 aromatic heterocycles. The Morgan fingerprint density at radius 2 is 1.40 bits per heavy atom. The van der Waals surface area contributed by atoms with Crippen LogP contribution in [0.5, 0.6) is 0 Å². The summed E-state index contributed by atoms with van der Waals surface area (Å²) in [5.41, 5.74) is 9.81. The van der Waals surface area contributed by atoms with Crippen LogP contribution in [0.15, 0.2) is 127 Å². The minimum absolute atomic E-state index is 0.0836. The number of nitrogens with zero attached hydrogens (tertiary/aromatic N) is 6. The van der Waals surface area contributed by atoms with Crippen molar-refractivity contribution < 1.29 is 4.42 Å². The molecule has 8 heterocycles. The van der Waals surface area contributed by atoms with Crippen molar-refractivity contribution in [3.63, 3.8) is 0 Å². The summed E-state index contributed by atoms with van der Waals surface area (Å²) < 4.78 is 6.93. The molecular formula is C41H38N6O. The summed E-state index contributed by atoms with van der Waals surface area (Å²) in [6, 6.07) is 31.6. The van der Waals surface area contributed by atoms with Crippen molar-refractivity contribution in [2.45, 2.75) is 43.7 Å². The van der Waals surface area contributed by atoms with E-state index >= 15 is 0 Å². The molecule has 0 aliphatic carbocycles. The van der Waals surface area contributed by atoms with E-state index in [9.17, 15) is 0 Å². The van der Waals surface area contributed by atoms with Gasteiger partial charge in [0.05, 0.1) is 5.69 Å². The van der Waals surface area contributed by atoms with Crippen molar-refractivity contribution in [2.75, 3.05) is 34.8 Å². The first-order valence-electron chi connectivity index (χ1n) is 17.5. The Kier molecular flexibility index (Phi) is 5.49. The van der Waals surface area contributed by atoms with Crippen molar-refractivity contribution in [3.05, 3.63) is 139 Å². The van der Waals surface area contributed by atoms with Gasteiger partial charge in [-0.05, 0) is 54.2 Å². The highest BCUT2D eigenvalue weighted by Crippen LogP contribution is 2.52. The average molecular weight is 631 g/mol. The third-order valence-electron chi connectivity index (χ3n) is 11.9. The molecule has 1 fully saturated rings. The molecule has 7 aliphatic heterocycles. The minimum atomic E-state index is 0.0836. The second-order valence-electron chi connectivity index (χ2n) is 14.2. The zero-order chi connectivity index (χ0) is 31.5. The number of benzene rings is 4. The molecule has 5 aromatic rings. The predicted molar refractivity (Wildman–Crippen MR) is 192 cm³/mol. The van der Waals surface area contributed by atoms with Crippen molar-refractivity contribution >= 4 is 39.0 Å². The number of hydrogen-bond donors (Lipinski definition) is 0. The highest BCUT2D eigenvalue weighted by molar-refractivity contribution is 6.10. The number of para-hydroxylation sites is 3. The molecule has 0 N–H and O–H groups in total. The smallest absolute Gasteiger partial charge is 0.159 e. The quantitative estimate of drug-likeness (QED) is 0.173. The van der Waals surface area contributed by atoms with E-state index in [4.69, 9.17) is 4.42 Å². The number of hydrogen-bond acceptors (Lipinski definition) is 7. The van der Waals surface area contributed by atoms with Gasteiger partial charge in [-0.1, -0.05) is 66.7 Å². The van der Waals surface area contributed by atoms with Crippen LogP contribution in [0, 0.1) is 5.92 Å². The van der Waals surface area contributed by atoms with Gasteiger partial charge in [-0.2, -0.15) is 0 Å². The molecule has 4 bridgehead atoms. The zero-order valence-corrected chi connectivity index (χ0v) is 27.1. The maximum atomic E-state index is 6.93. The van der Waals surface area contributed by atoms with E-state index < -0.39 is 0 Å². The van der Waals surface area contributed by atoms with Crippen LogP contribution in [-0.2, 0) is 6.42 Å². The second-order valence-corrected chi connectivity index (χ2v) is 14.2. The maximum absolute atomic E-state index is 6.93. The van der Waals surface area contributed by atoms with Gasteiger partial charge >= 0.3 is 0 Å². The van der Waals surface area contributed by atoms with Crippen molar-refractivity contribution in [1.29, 1.82) is 0 Å². The predicted octanol–water partition coefficient (Wildman–Crippen LogP) is 7.79. The highest BCUT2D eigenvalue weighted by atomic mass is 16.3. The molecule has 0 amide bonds. The number of anilines is 3. The summed E-state index contributed by atoms with van der Waals surface area (Å²) in [7, 11) is 2.27. The molecule has 48 heavy (non-hydrogen) atoms. The fourth-order valence-electron chi connectivity index (χ4n) is 9.84. The van der Waals surface area contributed by atoms with Crippen LogP contribution < -0.4 is 14.7 Å². The van der Waals surface area contributed by atoms with E-state index in [1.165, 1.54) is 44.5 Å². The van der Waals surface area contributed by atoms with Crippen LogP contribution in [0.25, 0.3) is 21.9 Å². The number of rotatable bonds is 0. The SMILES string of the molecule is CN1C=CN2c3c(ccc4c3oc3ccccc34)C3Cc4ccccc4N4C=CN5CCCN6C=CN(c7ccccc73)C6C(CC54)C12. The largest absolute Gasteiger partial charge is 0.454 e. The summed E-state index contributed by atoms with van der Waals surface area (Å²) in [6.45, 7) is 2.05. The monoisotopic (exact) mass is 630 g/mol.